The molecule has 2 saturated heterocycles. The van der Waals surface area contributed by atoms with Crippen LogP contribution in [0.25, 0.3) is 0 Å². The molecule has 1 spiro atoms. The highest BCUT2D eigenvalue weighted by molar-refractivity contribution is 5.90. The number of nitrogens with zero attached hydrogens (tertiary/aromatic N) is 1. The van der Waals surface area contributed by atoms with E-state index in [0.29, 0.717) is 58.4 Å². The molecule has 9 heteroatoms. The van der Waals surface area contributed by atoms with E-state index >= 15 is 0 Å². The van der Waals surface area contributed by atoms with Gasteiger partial charge >= 0.3 is 0 Å². The summed E-state index contributed by atoms with van der Waals surface area (Å²) >= 11 is 0. The maximum absolute atomic E-state index is 13.6. The van der Waals surface area contributed by atoms with E-state index < -0.39 is 17.3 Å². The van der Waals surface area contributed by atoms with Crippen LogP contribution >= 0.6 is 0 Å². The number of amides is 3. The molecule has 3 rings (SSSR count). The van der Waals surface area contributed by atoms with Crippen LogP contribution in [0, 0.1) is 11.2 Å². The topological polar surface area (TPSA) is 97.0 Å². The molecule has 0 unspecified atom stereocenters. The molecule has 0 aliphatic carbocycles. The lowest BCUT2D eigenvalue weighted by Crippen LogP contribution is -2.55. The Bertz CT molecular complexity index is 872. The molecule has 2 aliphatic rings. The summed E-state index contributed by atoms with van der Waals surface area (Å²) in [4.78, 5) is 40.3. The first-order chi connectivity index (χ1) is 16.8. The van der Waals surface area contributed by atoms with Gasteiger partial charge < -0.3 is 25.0 Å². The Hall–Kier alpha value is -2.68. The van der Waals surface area contributed by atoms with Crippen molar-refractivity contribution in [1.29, 1.82) is 0 Å². The minimum absolute atomic E-state index is 0.0113. The number of likely N-dealkylation sites (tertiary alicyclic amines) is 1. The van der Waals surface area contributed by atoms with Gasteiger partial charge in [-0.25, -0.2) is 4.39 Å². The number of hydrogen-bond acceptors (Lipinski definition) is 5. The zero-order chi connectivity index (χ0) is 25.3. The van der Waals surface area contributed by atoms with Crippen LogP contribution in [0.3, 0.4) is 0 Å². The van der Waals surface area contributed by atoms with E-state index in [2.05, 4.69) is 10.6 Å². The lowest BCUT2D eigenvalue weighted by molar-refractivity contribution is -0.142. The van der Waals surface area contributed by atoms with Crippen molar-refractivity contribution in [3.05, 3.63) is 30.1 Å². The largest absolute Gasteiger partial charge is 0.491 e. The molecule has 1 aromatic rings. The standard InChI is InChI=1S/C26H38FN3O5/c1-19-18-34-16-6-5-11-26(25(33)29-20(2)24(32)28-19)12-14-30(15-13-26)23(31)10-7-17-35-22-9-4-3-8-21(22)27/h3-4,8-9,19-20H,5-7,10-18H2,1-2H3,(H,28,32)(H,29,33)/t19-,20-/m0/s1. The Morgan fingerprint density at radius 3 is 2.63 bits per heavy atom. The summed E-state index contributed by atoms with van der Waals surface area (Å²) in [6, 6.07) is 5.44. The van der Waals surface area contributed by atoms with Gasteiger partial charge in [-0.2, -0.15) is 0 Å². The average Bonchev–Trinajstić information content (AvgIpc) is 2.85. The number of piperidine rings is 1. The number of halogens is 1. The van der Waals surface area contributed by atoms with Gasteiger partial charge in [-0.05, 0) is 58.1 Å². The number of carbonyl (C=O) groups is 3. The second-order valence-corrected chi connectivity index (χ2v) is 9.68. The Morgan fingerprint density at radius 1 is 1.14 bits per heavy atom. The van der Waals surface area contributed by atoms with E-state index in [9.17, 15) is 18.8 Å². The van der Waals surface area contributed by atoms with Crippen molar-refractivity contribution in [2.75, 3.05) is 32.9 Å². The summed E-state index contributed by atoms with van der Waals surface area (Å²) in [7, 11) is 0. The molecule has 3 amide bonds. The quantitative estimate of drug-likeness (QED) is 0.618. The first-order valence-electron chi connectivity index (χ1n) is 12.6. The predicted octanol–water partition coefficient (Wildman–Crippen LogP) is 2.80. The van der Waals surface area contributed by atoms with Gasteiger partial charge in [0.25, 0.3) is 0 Å². The van der Waals surface area contributed by atoms with Gasteiger partial charge in [-0.15, -0.1) is 0 Å². The van der Waals surface area contributed by atoms with Crippen molar-refractivity contribution in [3.8, 4) is 5.75 Å². The van der Waals surface area contributed by atoms with Crippen LogP contribution < -0.4 is 15.4 Å². The minimum atomic E-state index is -0.642. The third kappa shape index (κ3) is 7.65. The second-order valence-electron chi connectivity index (χ2n) is 9.68. The zero-order valence-corrected chi connectivity index (χ0v) is 20.8. The zero-order valence-electron chi connectivity index (χ0n) is 20.8. The van der Waals surface area contributed by atoms with E-state index in [1.165, 1.54) is 6.07 Å². The second kappa shape index (κ2) is 12.9. The molecule has 2 fully saturated rings. The van der Waals surface area contributed by atoms with Gasteiger partial charge in [0.15, 0.2) is 11.6 Å². The Labute approximate surface area is 206 Å². The maximum Gasteiger partial charge on any atom is 0.242 e. The van der Waals surface area contributed by atoms with Crippen LogP contribution in [0.1, 0.15) is 58.8 Å². The molecule has 2 N–H and O–H groups in total. The Morgan fingerprint density at radius 2 is 1.89 bits per heavy atom. The molecular weight excluding hydrogens is 453 g/mol. The summed E-state index contributed by atoms with van der Waals surface area (Å²) < 4.78 is 24.7. The molecular formula is C26H38FN3O5. The number of hydrogen-bond donors (Lipinski definition) is 2. The highest BCUT2D eigenvalue weighted by atomic mass is 19.1. The normalized spacial score (nSPS) is 23.9. The number of benzene rings is 1. The third-order valence-corrected chi connectivity index (χ3v) is 6.88. The van der Waals surface area contributed by atoms with Crippen molar-refractivity contribution < 1.29 is 28.2 Å². The van der Waals surface area contributed by atoms with E-state index in [1.807, 2.05) is 6.92 Å². The lowest BCUT2D eigenvalue weighted by Gasteiger charge is -2.41. The van der Waals surface area contributed by atoms with Crippen molar-refractivity contribution in [3.63, 3.8) is 0 Å². The predicted molar refractivity (Wildman–Crippen MR) is 129 cm³/mol. The fraction of sp³-hybridized carbons (Fsp3) is 0.654. The smallest absolute Gasteiger partial charge is 0.242 e. The molecule has 0 aromatic heterocycles. The third-order valence-electron chi connectivity index (χ3n) is 6.88. The van der Waals surface area contributed by atoms with Crippen LogP contribution in [0.15, 0.2) is 24.3 Å². The van der Waals surface area contributed by atoms with E-state index in [1.54, 1.807) is 30.0 Å². The van der Waals surface area contributed by atoms with Gasteiger partial charge in [0.1, 0.15) is 6.04 Å². The van der Waals surface area contributed by atoms with Crippen molar-refractivity contribution in [1.82, 2.24) is 15.5 Å². The Kier molecular flexibility index (Phi) is 9.89. The van der Waals surface area contributed by atoms with Gasteiger partial charge in [0.05, 0.1) is 18.6 Å². The average molecular weight is 492 g/mol. The first-order valence-corrected chi connectivity index (χ1v) is 12.6. The molecule has 8 nitrogen and oxygen atoms in total. The van der Waals surface area contributed by atoms with Crippen LogP contribution in [-0.4, -0.2) is 67.6 Å². The number of rotatable bonds is 5. The molecule has 0 saturated carbocycles. The molecule has 0 radical (unpaired) electrons. The maximum atomic E-state index is 13.6. The van der Waals surface area contributed by atoms with Crippen LogP contribution in [0.2, 0.25) is 0 Å². The fourth-order valence-corrected chi connectivity index (χ4v) is 4.65. The summed E-state index contributed by atoms with van der Waals surface area (Å²) in [6.45, 7) is 5.85. The van der Waals surface area contributed by atoms with Crippen LogP contribution in [0.4, 0.5) is 4.39 Å². The number of ether oxygens (including phenoxy) is 2. The molecule has 1 aromatic carbocycles. The van der Waals surface area contributed by atoms with E-state index in [-0.39, 0.29) is 36.1 Å². The molecule has 2 aliphatic heterocycles. The lowest BCUT2D eigenvalue weighted by atomic mass is 9.73. The number of nitrogens with one attached hydrogen (secondary N) is 2. The van der Waals surface area contributed by atoms with Crippen molar-refractivity contribution in [2.24, 2.45) is 5.41 Å². The molecule has 194 valence electrons. The molecule has 35 heavy (non-hydrogen) atoms. The molecule has 2 heterocycles. The monoisotopic (exact) mass is 491 g/mol. The summed E-state index contributed by atoms with van der Waals surface area (Å²) in [5, 5.41) is 5.79. The minimum Gasteiger partial charge on any atom is -0.491 e. The van der Waals surface area contributed by atoms with Gasteiger partial charge in [0, 0.05) is 32.2 Å². The van der Waals surface area contributed by atoms with Crippen LogP contribution in [-0.2, 0) is 19.1 Å². The number of para-hydroxylation sites is 1. The fourth-order valence-electron chi connectivity index (χ4n) is 4.65. The van der Waals surface area contributed by atoms with Gasteiger partial charge in [0.2, 0.25) is 17.7 Å². The highest BCUT2D eigenvalue weighted by Gasteiger charge is 2.42. The summed E-state index contributed by atoms with van der Waals surface area (Å²) in [6.07, 6.45) is 4.30. The molecule has 0 bridgehead atoms. The van der Waals surface area contributed by atoms with E-state index in [0.717, 1.165) is 12.8 Å². The van der Waals surface area contributed by atoms with E-state index in [4.69, 9.17) is 9.47 Å². The molecule has 2 atom stereocenters. The van der Waals surface area contributed by atoms with Crippen LogP contribution in [0.5, 0.6) is 5.75 Å². The highest BCUT2D eigenvalue weighted by Crippen LogP contribution is 2.37. The SMILES string of the molecule is C[C@@H]1NC(=O)C2(CCCCOC[C@H](C)NC1=O)CCN(C(=O)CCCOc1ccccc1F)CC2. The Balaban J connectivity index is 1.51. The van der Waals surface area contributed by atoms with Crippen molar-refractivity contribution >= 4 is 17.7 Å². The summed E-state index contributed by atoms with van der Waals surface area (Å²) in [5.74, 6) is -0.560. The van der Waals surface area contributed by atoms with Crippen molar-refractivity contribution in [2.45, 2.75) is 70.9 Å². The first kappa shape index (κ1) is 26.9. The summed E-state index contributed by atoms with van der Waals surface area (Å²) in [5.41, 5.74) is -0.598. The van der Waals surface area contributed by atoms with Gasteiger partial charge in [-0.1, -0.05) is 18.6 Å². The number of carbonyl (C=O) groups excluding carboxylic acids is 3. The van der Waals surface area contributed by atoms with Gasteiger partial charge in [-0.3, -0.25) is 14.4 Å².